The zero-order valence-corrected chi connectivity index (χ0v) is 10.5. The fourth-order valence-electron chi connectivity index (χ4n) is 1.99. The maximum Gasteiger partial charge on any atom is 0.146 e. The van der Waals surface area contributed by atoms with Crippen LogP contribution in [0.3, 0.4) is 0 Å². The highest BCUT2D eigenvalue weighted by atomic mass is 32.2. The average molecular weight is 257 g/mol. The van der Waals surface area contributed by atoms with Crippen molar-refractivity contribution in [1.82, 2.24) is 0 Å². The van der Waals surface area contributed by atoms with Crippen molar-refractivity contribution in [2.75, 3.05) is 12.3 Å². The number of benzene rings is 1. The first-order valence-electron chi connectivity index (χ1n) is 5.60. The van der Waals surface area contributed by atoms with Crippen molar-refractivity contribution in [3.8, 4) is 0 Å². The highest BCUT2D eigenvalue weighted by molar-refractivity contribution is 7.84. The molecule has 0 saturated carbocycles. The minimum Gasteiger partial charge on any atom is -0.396 e. The van der Waals surface area contributed by atoms with Crippen molar-refractivity contribution in [2.45, 2.75) is 30.5 Å². The first-order valence-corrected chi connectivity index (χ1v) is 6.99. The van der Waals surface area contributed by atoms with E-state index in [1.54, 1.807) is 6.07 Å². The lowest BCUT2D eigenvalue weighted by atomic mass is 10.2. The van der Waals surface area contributed by atoms with Gasteiger partial charge in [0.05, 0.1) is 17.0 Å². The van der Waals surface area contributed by atoms with E-state index < -0.39 is 16.6 Å². The van der Waals surface area contributed by atoms with E-state index in [0.29, 0.717) is 17.9 Å². The zero-order valence-electron chi connectivity index (χ0n) is 9.69. The van der Waals surface area contributed by atoms with Crippen LogP contribution in [0, 0.1) is 5.82 Å². The van der Waals surface area contributed by atoms with E-state index in [1.807, 2.05) is 6.92 Å². The van der Waals surface area contributed by atoms with Gasteiger partial charge in [-0.25, -0.2) is 4.39 Å². The van der Waals surface area contributed by atoms with Crippen molar-refractivity contribution in [3.05, 3.63) is 29.6 Å². The number of rotatable bonds is 3. The lowest BCUT2D eigenvalue weighted by Gasteiger charge is -2.13. The molecule has 3 atom stereocenters. The summed E-state index contributed by atoms with van der Waals surface area (Å²) in [5.41, 5.74) is 6.23. The number of nitrogen functional groups attached to an aromatic ring is 1. The predicted octanol–water partition coefficient (Wildman–Crippen LogP) is 1.83. The molecule has 0 spiro atoms. The van der Waals surface area contributed by atoms with Crippen molar-refractivity contribution in [3.63, 3.8) is 0 Å². The third-order valence-corrected chi connectivity index (χ3v) is 4.93. The van der Waals surface area contributed by atoms with E-state index in [4.69, 9.17) is 10.5 Å². The van der Waals surface area contributed by atoms with Crippen LogP contribution in [0.1, 0.15) is 18.9 Å². The van der Waals surface area contributed by atoms with Gasteiger partial charge < -0.3 is 10.5 Å². The molecule has 0 aliphatic carbocycles. The third-order valence-electron chi connectivity index (χ3n) is 3.02. The number of ether oxygens (including phenoxy) is 1. The minimum atomic E-state index is -1.02. The smallest absolute Gasteiger partial charge is 0.146 e. The highest BCUT2D eigenvalue weighted by Crippen LogP contribution is 2.22. The molecule has 1 aliphatic rings. The summed E-state index contributed by atoms with van der Waals surface area (Å²) in [4.78, 5) is 0. The normalized spacial score (nSPS) is 26.0. The zero-order chi connectivity index (χ0) is 12.4. The van der Waals surface area contributed by atoms with Gasteiger partial charge in [-0.1, -0.05) is 6.07 Å². The predicted molar refractivity (Wildman–Crippen MR) is 66.5 cm³/mol. The molecule has 1 heterocycles. The second kappa shape index (κ2) is 5.14. The molecule has 2 rings (SSSR count). The van der Waals surface area contributed by atoms with Gasteiger partial charge in [-0.05, 0) is 31.0 Å². The SMILES string of the molecule is CC1OCCC1S(=O)Cc1ccc(N)c(F)c1. The lowest BCUT2D eigenvalue weighted by Crippen LogP contribution is -2.24. The Morgan fingerprint density at radius 1 is 1.59 bits per heavy atom. The number of halogens is 1. The molecule has 1 saturated heterocycles. The molecule has 1 aromatic carbocycles. The molecule has 1 fully saturated rings. The fourth-order valence-corrected chi connectivity index (χ4v) is 3.58. The molecule has 1 aliphatic heterocycles. The van der Waals surface area contributed by atoms with Crippen LogP contribution in [0.25, 0.3) is 0 Å². The van der Waals surface area contributed by atoms with Gasteiger partial charge in [-0.15, -0.1) is 0 Å². The van der Waals surface area contributed by atoms with Gasteiger partial charge in [0.1, 0.15) is 5.82 Å². The molecule has 3 unspecified atom stereocenters. The Labute approximate surface area is 103 Å². The second-order valence-corrected chi connectivity index (χ2v) is 5.94. The van der Waals surface area contributed by atoms with Crippen molar-refractivity contribution in [1.29, 1.82) is 0 Å². The quantitative estimate of drug-likeness (QED) is 0.841. The molecule has 1 aromatic rings. The van der Waals surface area contributed by atoms with Crippen LogP contribution in [0.4, 0.5) is 10.1 Å². The Balaban J connectivity index is 2.05. The Hall–Kier alpha value is -0.940. The fraction of sp³-hybridized carbons (Fsp3) is 0.500. The van der Waals surface area contributed by atoms with Crippen molar-refractivity contribution >= 4 is 16.5 Å². The van der Waals surface area contributed by atoms with Gasteiger partial charge in [-0.3, -0.25) is 4.21 Å². The summed E-state index contributed by atoms with van der Waals surface area (Å²) in [5, 5.41) is 0.0515. The van der Waals surface area contributed by atoms with E-state index in [1.165, 1.54) is 12.1 Å². The summed E-state index contributed by atoms with van der Waals surface area (Å²) in [7, 11) is -1.02. The van der Waals surface area contributed by atoms with Gasteiger partial charge in [0, 0.05) is 23.2 Å². The summed E-state index contributed by atoms with van der Waals surface area (Å²) in [6.45, 7) is 2.59. The van der Waals surface area contributed by atoms with Crippen molar-refractivity contribution < 1.29 is 13.3 Å². The third kappa shape index (κ3) is 2.84. The topological polar surface area (TPSA) is 52.3 Å². The first kappa shape index (κ1) is 12.5. The van der Waals surface area contributed by atoms with Crippen LogP contribution in [-0.4, -0.2) is 22.2 Å². The van der Waals surface area contributed by atoms with E-state index in [0.717, 1.165) is 6.42 Å². The summed E-state index contributed by atoms with van der Waals surface area (Å²) >= 11 is 0. The second-order valence-electron chi connectivity index (χ2n) is 4.28. The molecule has 5 heteroatoms. The van der Waals surface area contributed by atoms with Gasteiger partial charge in [0.25, 0.3) is 0 Å². The standard InChI is InChI=1S/C12H16FNO2S/c1-8-12(4-5-16-8)17(15)7-9-2-3-11(14)10(13)6-9/h2-3,6,8,12H,4-5,7,14H2,1H3. The van der Waals surface area contributed by atoms with Crippen LogP contribution < -0.4 is 5.73 Å². The average Bonchev–Trinajstić information content (AvgIpc) is 2.70. The largest absolute Gasteiger partial charge is 0.396 e. The molecule has 3 nitrogen and oxygen atoms in total. The molecule has 94 valence electrons. The van der Waals surface area contributed by atoms with E-state index >= 15 is 0 Å². The number of hydrogen-bond acceptors (Lipinski definition) is 3. The molecule has 0 bridgehead atoms. The summed E-state index contributed by atoms with van der Waals surface area (Å²) in [6, 6.07) is 4.58. The van der Waals surface area contributed by atoms with Crippen LogP contribution in [0.15, 0.2) is 18.2 Å². The lowest BCUT2D eigenvalue weighted by molar-refractivity contribution is 0.127. The Bertz CT molecular complexity index is 439. The molecule has 0 aromatic heterocycles. The van der Waals surface area contributed by atoms with Crippen LogP contribution in [0.2, 0.25) is 0 Å². The molecule has 17 heavy (non-hydrogen) atoms. The number of anilines is 1. The van der Waals surface area contributed by atoms with Crippen LogP contribution in [-0.2, 0) is 21.3 Å². The Morgan fingerprint density at radius 3 is 2.94 bits per heavy atom. The highest BCUT2D eigenvalue weighted by Gasteiger charge is 2.29. The number of hydrogen-bond donors (Lipinski definition) is 1. The maximum atomic E-state index is 13.2. The van der Waals surface area contributed by atoms with Gasteiger partial charge in [-0.2, -0.15) is 0 Å². The van der Waals surface area contributed by atoms with E-state index in [9.17, 15) is 8.60 Å². The van der Waals surface area contributed by atoms with Crippen LogP contribution >= 0.6 is 0 Å². The van der Waals surface area contributed by atoms with Crippen LogP contribution in [0.5, 0.6) is 0 Å². The minimum absolute atomic E-state index is 0.0226. The Morgan fingerprint density at radius 2 is 2.35 bits per heavy atom. The van der Waals surface area contributed by atoms with E-state index in [-0.39, 0.29) is 17.0 Å². The summed E-state index contributed by atoms with van der Waals surface area (Å²) < 4.78 is 30.7. The molecular formula is C12H16FNO2S. The van der Waals surface area contributed by atoms with E-state index in [2.05, 4.69) is 0 Å². The summed E-state index contributed by atoms with van der Waals surface area (Å²) in [5.74, 6) is -0.0922. The molecule has 0 amide bonds. The Kier molecular flexibility index (Phi) is 3.79. The van der Waals surface area contributed by atoms with Gasteiger partial charge >= 0.3 is 0 Å². The summed E-state index contributed by atoms with van der Waals surface area (Å²) in [6.07, 6.45) is 0.833. The molecule has 2 N–H and O–H groups in total. The molecule has 0 radical (unpaired) electrons. The van der Waals surface area contributed by atoms with Gasteiger partial charge in [0.2, 0.25) is 0 Å². The molecular weight excluding hydrogens is 241 g/mol. The number of nitrogens with two attached hydrogens (primary N) is 1. The first-order chi connectivity index (χ1) is 8.08. The monoisotopic (exact) mass is 257 g/mol. The maximum absolute atomic E-state index is 13.2. The van der Waals surface area contributed by atoms with Gasteiger partial charge in [0.15, 0.2) is 0 Å². The van der Waals surface area contributed by atoms with Crippen molar-refractivity contribution in [2.24, 2.45) is 0 Å².